The molecule has 3 heteroatoms. The van der Waals surface area contributed by atoms with E-state index in [0.717, 1.165) is 6.54 Å². The number of hydrogen-bond acceptors (Lipinski definition) is 2. The lowest BCUT2D eigenvalue weighted by Crippen LogP contribution is -2.44. The van der Waals surface area contributed by atoms with E-state index in [4.69, 9.17) is 0 Å². The lowest BCUT2D eigenvalue weighted by atomic mass is 10.1. The van der Waals surface area contributed by atoms with Gasteiger partial charge >= 0.3 is 0 Å². The second-order valence-electron chi connectivity index (χ2n) is 5.17. The molecule has 0 heterocycles. The van der Waals surface area contributed by atoms with Gasteiger partial charge in [0.2, 0.25) is 5.91 Å². The van der Waals surface area contributed by atoms with Gasteiger partial charge in [-0.3, -0.25) is 4.79 Å². The van der Waals surface area contributed by atoms with Crippen LogP contribution in [0.15, 0.2) is 0 Å². The first-order valence-electron chi connectivity index (χ1n) is 5.75. The van der Waals surface area contributed by atoms with Crippen LogP contribution >= 0.6 is 12.6 Å². The van der Waals surface area contributed by atoms with Crippen LogP contribution < -0.4 is 0 Å². The molecule has 0 aromatic carbocycles. The smallest absolute Gasteiger partial charge is 0.235 e. The largest absolute Gasteiger partial charge is 0.339 e. The second kappa shape index (κ2) is 6.41. The van der Waals surface area contributed by atoms with Crippen molar-refractivity contribution in [3.63, 3.8) is 0 Å². The highest BCUT2D eigenvalue weighted by Gasteiger charge is 2.25. The molecule has 0 spiro atoms. The van der Waals surface area contributed by atoms with Crippen molar-refractivity contribution in [2.24, 2.45) is 11.8 Å². The van der Waals surface area contributed by atoms with Crippen LogP contribution in [0.4, 0.5) is 0 Å². The van der Waals surface area contributed by atoms with Crippen LogP contribution in [0.1, 0.15) is 41.5 Å². The average Bonchev–Trinajstić information content (AvgIpc) is 2.10. The Labute approximate surface area is 99.8 Å². The van der Waals surface area contributed by atoms with Gasteiger partial charge in [-0.15, -0.1) is 0 Å². The number of carbonyl (C=O) groups excluding carboxylic acids is 1. The summed E-state index contributed by atoms with van der Waals surface area (Å²) in [4.78, 5) is 14.0. The summed E-state index contributed by atoms with van der Waals surface area (Å²) in [5, 5.41) is -0.175. The molecule has 90 valence electrons. The van der Waals surface area contributed by atoms with Crippen LogP contribution in [-0.4, -0.2) is 28.6 Å². The van der Waals surface area contributed by atoms with Gasteiger partial charge in [-0.05, 0) is 25.7 Å². The molecule has 1 atom stereocenters. The Hall–Kier alpha value is -0.180. The van der Waals surface area contributed by atoms with Crippen molar-refractivity contribution in [1.29, 1.82) is 0 Å². The minimum absolute atomic E-state index is 0.164. The van der Waals surface area contributed by atoms with Crippen molar-refractivity contribution in [3.05, 3.63) is 0 Å². The van der Waals surface area contributed by atoms with Gasteiger partial charge in [0.15, 0.2) is 0 Å². The fourth-order valence-electron chi connectivity index (χ4n) is 1.40. The van der Waals surface area contributed by atoms with E-state index in [0.29, 0.717) is 5.92 Å². The summed E-state index contributed by atoms with van der Waals surface area (Å²) >= 11 is 4.38. The summed E-state index contributed by atoms with van der Waals surface area (Å²) in [7, 11) is 0. The molecule has 0 aliphatic rings. The van der Waals surface area contributed by atoms with Gasteiger partial charge in [-0.25, -0.2) is 0 Å². The van der Waals surface area contributed by atoms with Crippen molar-refractivity contribution >= 4 is 18.5 Å². The fourth-order valence-corrected chi connectivity index (χ4v) is 1.55. The molecule has 0 fully saturated rings. The minimum atomic E-state index is -0.175. The van der Waals surface area contributed by atoms with Crippen molar-refractivity contribution in [2.75, 3.05) is 6.54 Å². The molecule has 1 amide bonds. The Morgan fingerprint density at radius 3 is 1.87 bits per heavy atom. The van der Waals surface area contributed by atoms with Gasteiger partial charge < -0.3 is 4.90 Å². The Bertz CT molecular complexity index is 202. The molecule has 0 rings (SSSR count). The monoisotopic (exact) mass is 231 g/mol. The van der Waals surface area contributed by atoms with E-state index in [1.807, 2.05) is 18.7 Å². The molecule has 0 aliphatic heterocycles. The molecule has 0 aromatic rings. The van der Waals surface area contributed by atoms with E-state index in [2.05, 4.69) is 40.3 Å². The molecule has 2 nitrogen and oxygen atoms in total. The third-order valence-corrected chi connectivity index (χ3v) is 3.17. The Kier molecular flexibility index (Phi) is 6.34. The van der Waals surface area contributed by atoms with E-state index in [1.54, 1.807) is 0 Å². The highest BCUT2D eigenvalue weighted by molar-refractivity contribution is 7.81. The highest BCUT2D eigenvalue weighted by Crippen LogP contribution is 2.15. The Balaban J connectivity index is 4.55. The maximum absolute atomic E-state index is 12.1. The van der Waals surface area contributed by atoms with Crippen LogP contribution in [-0.2, 0) is 4.79 Å². The summed E-state index contributed by atoms with van der Waals surface area (Å²) in [6, 6.07) is 0.258. The molecular formula is C12H25NOS. The second-order valence-corrected chi connectivity index (χ2v) is 5.72. The number of nitrogens with zero attached hydrogens (tertiary/aromatic N) is 1. The maximum Gasteiger partial charge on any atom is 0.235 e. The van der Waals surface area contributed by atoms with E-state index >= 15 is 0 Å². The van der Waals surface area contributed by atoms with Crippen LogP contribution in [0.5, 0.6) is 0 Å². The lowest BCUT2D eigenvalue weighted by molar-refractivity contribution is -0.133. The highest BCUT2D eigenvalue weighted by atomic mass is 32.1. The SMILES string of the molecule is CC(C)CN(C(=O)C(S)C(C)C)C(C)C. The van der Waals surface area contributed by atoms with E-state index in [9.17, 15) is 4.79 Å². The lowest BCUT2D eigenvalue weighted by Gasteiger charge is -2.31. The Morgan fingerprint density at radius 1 is 1.13 bits per heavy atom. The number of hydrogen-bond donors (Lipinski definition) is 1. The van der Waals surface area contributed by atoms with Crippen molar-refractivity contribution in [3.8, 4) is 0 Å². The van der Waals surface area contributed by atoms with E-state index in [1.165, 1.54) is 0 Å². The molecule has 0 saturated heterocycles. The van der Waals surface area contributed by atoms with Gasteiger partial charge in [0, 0.05) is 12.6 Å². The number of amides is 1. The van der Waals surface area contributed by atoms with Crippen LogP contribution in [0.2, 0.25) is 0 Å². The number of carbonyl (C=O) groups is 1. The van der Waals surface area contributed by atoms with Crippen LogP contribution in [0, 0.1) is 11.8 Å². The van der Waals surface area contributed by atoms with Crippen LogP contribution in [0.3, 0.4) is 0 Å². The molecule has 0 bridgehead atoms. The van der Waals surface area contributed by atoms with Crippen molar-refractivity contribution in [1.82, 2.24) is 4.90 Å². The normalized spacial score (nSPS) is 13.7. The first kappa shape index (κ1) is 14.8. The summed E-state index contributed by atoms with van der Waals surface area (Å²) < 4.78 is 0. The maximum atomic E-state index is 12.1. The van der Waals surface area contributed by atoms with Gasteiger partial charge in [-0.2, -0.15) is 12.6 Å². The average molecular weight is 231 g/mol. The number of thiol groups is 1. The quantitative estimate of drug-likeness (QED) is 0.721. The molecule has 1 unspecified atom stereocenters. The van der Waals surface area contributed by atoms with Crippen LogP contribution in [0.25, 0.3) is 0 Å². The molecule has 0 saturated carbocycles. The van der Waals surface area contributed by atoms with Gasteiger partial charge in [-0.1, -0.05) is 27.7 Å². The summed E-state index contributed by atoms with van der Waals surface area (Å²) in [6.45, 7) is 13.3. The molecular weight excluding hydrogens is 206 g/mol. The number of rotatable bonds is 5. The zero-order valence-electron chi connectivity index (χ0n) is 10.8. The van der Waals surface area contributed by atoms with Crippen molar-refractivity contribution < 1.29 is 4.79 Å². The predicted octanol–water partition coefficient (Wildman–Crippen LogP) is 2.83. The molecule has 0 aromatic heterocycles. The van der Waals surface area contributed by atoms with Gasteiger partial charge in [0.1, 0.15) is 0 Å². The zero-order chi connectivity index (χ0) is 12.2. The van der Waals surface area contributed by atoms with Gasteiger partial charge in [0.05, 0.1) is 5.25 Å². The molecule has 0 aliphatic carbocycles. The Morgan fingerprint density at radius 2 is 1.60 bits per heavy atom. The molecule has 0 N–H and O–H groups in total. The summed E-state index contributed by atoms with van der Waals surface area (Å²) in [5.74, 6) is 0.954. The van der Waals surface area contributed by atoms with Gasteiger partial charge in [0.25, 0.3) is 0 Å². The first-order valence-corrected chi connectivity index (χ1v) is 6.27. The topological polar surface area (TPSA) is 20.3 Å². The third-order valence-electron chi connectivity index (χ3n) is 2.35. The van der Waals surface area contributed by atoms with Crippen molar-refractivity contribution in [2.45, 2.75) is 52.8 Å². The molecule has 0 radical (unpaired) electrons. The summed E-state index contributed by atoms with van der Waals surface area (Å²) in [6.07, 6.45) is 0. The first-order chi connectivity index (χ1) is 6.77. The van der Waals surface area contributed by atoms with E-state index in [-0.39, 0.29) is 23.1 Å². The minimum Gasteiger partial charge on any atom is -0.339 e. The third kappa shape index (κ3) is 4.92. The summed E-state index contributed by atoms with van der Waals surface area (Å²) in [5.41, 5.74) is 0. The van der Waals surface area contributed by atoms with E-state index < -0.39 is 0 Å². The molecule has 15 heavy (non-hydrogen) atoms. The predicted molar refractivity (Wildman–Crippen MR) is 69.3 cm³/mol. The zero-order valence-corrected chi connectivity index (χ0v) is 11.7. The fraction of sp³-hybridized carbons (Fsp3) is 0.917. The standard InChI is InChI=1S/C12H25NOS/c1-8(2)7-13(10(5)6)12(14)11(15)9(3)4/h8-11,15H,7H2,1-6H3.